The third-order valence-electron chi connectivity index (χ3n) is 2.15. The summed E-state index contributed by atoms with van der Waals surface area (Å²) < 4.78 is 4.97. The average Bonchev–Trinajstić information content (AvgIpc) is 2.70. The molecule has 0 aliphatic carbocycles. The summed E-state index contributed by atoms with van der Waals surface area (Å²) in [7, 11) is 0. The molecule has 0 amide bonds. The van der Waals surface area contributed by atoms with Crippen LogP contribution in [0.15, 0.2) is 17.5 Å². The van der Waals surface area contributed by atoms with Crippen molar-refractivity contribution in [3.8, 4) is 0 Å². The minimum Gasteiger partial charge on any atom is -0.481 e. The molecule has 2 heterocycles. The molecule has 1 N–H and O–H groups in total. The lowest BCUT2D eigenvalue weighted by molar-refractivity contribution is -0.144. The fourth-order valence-corrected chi connectivity index (χ4v) is 2.30. The van der Waals surface area contributed by atoms with Gasteiger partial charge in [0.25, 0.3) is 0 Å². The van der Waals surface area contributed by atoms with Gasteiger partial charge in [-0.05, 0) is 11.4 Å². The topological polar surface area (TPSA) is 63.6 Å². The highest BCUT2D eigenvalue weighted by Gasteiger charge is 2.41. The van der Waals surface area contributed by atoms with E-state index in [0.29, 0.717) is 0 Å². The molecule has 0 bridgehead atoms. The highest BCUT2D eigenvalue weighted by molar-refractivity contribution is 7.10. The minimum atomic E-state index is -0.978. The molecule has 1 aromatic rings. The predicted molar refractivity (Wildman–Crippen MR) is 48.9 cm³/mol. The Morgan fingerprint density at radius 3 is 3.00 bits per heavy atom. The second kappa shape index (κ2) is 3.42. The lowest BCUT2D eigenvalue weighted by Gasteiger charge is -2.11. The van der Waals surface area contributed by atoms with Crippen LogP contribution < -0.4 is 0 Å². The number of rotatable bonds is 2. The monoisotopic (exact) mass is 212 g/mol. The maximum Gasteiger partial charge on any atom is 0.311 e. The number of carbonyl (C=O) groups is 2. The average molecular weight is 212 g/mol. The number of carboxylic acid groups (broad SMARTS) is 1. The molecule has 1 aliphatic rings. The van der Waals surface area contributed by atoms with Gasteiger partial charge in [0, 0.05) is 4.88 Å². The van der Waals surface area contributed by atoms with E-state index in [1.807, 2.05) is 11.4 Å². The Morgan fingerprint density at radius 1 is 1.64 bits per heavy atom. The molecule has 0 spiro atoms. The van der Waals surface area contributed by atoms with E-state index in [1.54, 1.807) is 6.07 Å². The standard InChI is InChI=1S/C9H8O4S/c10-7-4-5(9(11)12)8(13-7)6-2-1-3-14-6/h1-3,5,8H,4H2,(H,11,12). The van der Waals surface area contributed by atoms with Crippen LogP contribution in [-0.4, -0.2) is 17.0 Å². The molecule has 0 saturated carbocycles. The number of carboxylic acids is 1. The van der Waals surface area contributed by atoms with Crippen molar-refractivity contribution < 1.29 is 19.4 Å². The molecule has 4 nitrogen and oxygen atoms in total. The quantitative estimate of drug-likeness (QED) is 0.753. The number of aliphatic carboxylic acids is 1. The molecule has 1 aliphatic heterocycles. The molecule has 0 aromatic carbocycles. The Labute approximate surface area is 84.1 Å². The molecule has 0 radical (unpaired) electrons. The third kappa shape index (κ3) is 1.50. The second-order valence-electron chi connectivity index (χ2n) is 3.07. The number of carbonyl (C=O) groups excluding carboxylic acids is 1. The zero-order valence-electron chi connectivity index (χ0n) is 7.17. The predicted octanol–water partition coefficient (Wildman–Crippen LogP) is 1.44. The lowest BCUT2D eigenvalue weighted by Crippen LogP contribution is -2.16. The number of cyclic esters (lactones) is 1. The molecule has 1 fully saturated rings. The van der Waals surface area contributed by atoms with Crippen molar-refractivity contribution in [2.75, 3.05) is 0 Å². The summed E-state index contributed by atoms with van der Waals surface area (Å²) in [5, 5.41) is 10.7. The van der Waals surface area contributed by atoms with Crippen molar-refractivity contribution in [1.82, 2.24) is 0 Å². The molecular formula is C9H8O4S. The van der Waals surface area contributed by atoms with Crippen molar-refractivity contribution in [2.24, 2.45) is 5.92 Å². The van der Waals surface area contributed by atoms with Crippen molar-refractivity contribution in [2.45, 2.75) is 12.5 Å². The summed E-state index contributed by atoms with van der Waals surface area (Å²) in [6, 6.07) is 3.59. The fraction of sp³-hybridized carbons (Fsp3) is 0.333. The molecule has 74 valence electrons. The molecule has 5 heteroatoms. The number of ether oxygens (including phenoxy) is 1. The number of esters is 1. The van der Waals surface area contributed by atoms with Crippen LogP contribution in [0.2, 0.25) is 0 Å². The van der Waals surface area contributed by atoms with Crippen LogP contribution in [0.4, 0.5) is 0 Å². The lowest BCUT2D eigenvalue weighted by atomic mass is 10.0. The van der Waals surface area contributed by atoms with Crippen molar-refractivity contribution in [3.63, 3.8) is 0 Å². The van der Waals surface area contributed by atoms with Gasteiger partial charge in [-0.15, -0.1) is 11.3 Å². The zero-order chi connectivity index (χ0) is 10.1. The summed E-state index contributed by atoms with van der Waals surface area (Å²) in [6.45, 7) is 0. The summed E-state index contributed by atoms with van der Waals surface area (Å²) in [5.74, 6) is -2.15. The molecule has 14 heavy (non-hydrogen) atoms. The number of hydrogen-bond donors (Lipinski definition) is 1. The highest BCUT2D eigenvalue weighted by atomic mass is 32.1. The first-order valence-electron chi connectivity index (χ1n) is 4.14. The van der Waals surface area contributed by atoms with E-state index in [4.69, 9.17) is 9.84 Å². The maximum atomic E-state index is 11.0. The smallest absolute Gasteiger partial charge is 0.311 e. The summed E-state index contributed by atoms with van der Waals surface area (Å²) in [4.78, 5) is 22.6. The van der Waals surface area contributed by atoms with Crippen LogP contribution in [0.5, 0.6) is 0 Å². The van der Waals surface area contributed by atoms with Crippen molar-refractivity contribution in [3.05, 3.63) is 22.4 Å². The van der Waals surface area contributed by atoms with E-state index in [9.17, 15) is 9.59 Å². The Balaban J connectivity index is 2.26. The van der Waals surface area contributed by atoms with Gasteiger partial charge < -0.3 is 9.84 Å². The zero-order valence-corrected chi connectivity index (χ0v) is 7.99. The number of hydrogen-bond acceptors (Lipinski definition) is 4. The van der Waals surface area contributed by atoms with Gasteiger partial charge in [-0.25, -0.2) is 0 Å². The van der Waals surface area contributed by atoms with Gasteiger partial charge in [0.2, 0.25) is 0 Å². The van der Waals surface area contributed by atoms with Gasteiger partial charge in [0.1, 0.15) is 12.0 Å². The van der Waals surface area contributed by atoms with Gasteiger partial charge in [-0.1, -0.05) is 6.07 Å². The van der Waals surface area contributed by atoms with Gasteiger partial charge in [0.05, 0.1) is 6.42 Å². The van der Waals surface area contributed by atoms with Gasteiger partial charge in [0.15, 0.2) is 0 Å². The largest absolute Gasteiger partial charge is 0.481 e. The van der Waals surface area contributed by atoms with Crippen LogP contribution in [-0.2, 0) is 14.3 Å². The van der Waals surface area contributed by atoms with E-state index >= 15 is 0 Å². The Hall–Kier alpha value is -1.36. The highest BCUT2D eigenvalue weighted by Crippen LogP contribution is 2.37. The van der Waals surface area contributed by atoms with E-state index < -0.39 is 24.0 Å². The molecule has 2 unspecified atom stereocenters. The molecular weight excluding hydrogens is 204 g/mol. The summed E-state index contributed by atoms with van der Waals surface area (Å²) in [6.07, 6.45) is -0.627. The maximum absolute atomic E-state index is 11.0. The molecule has 2 rings (SSSR count). The van der Waals surface area contributed by atoms with Gasteiger partial charge in [-0.2, -0.15) is 0 Å². The number of thiophene rings is 1. The Morgan fingerprint density at radius 2 is 2.43 bits per heavy atom. The van der Waals surface area contributed by atoms with Crippen molar-refractivity contribution >= 4 is 23.3 Å². The SMILES string of the molecule is O=C1CC(C(=O)O)C(c2cccs2)O1. The summed E-state index contributed by atoms with van der Waals surface area (Å²) >= 11 is 1.40. The molecule has 1 aromatic heterocycles. The Kier molecular flexibility index (Phi) is 2.25. The second-order valence-corrected chi connectivity index (χ2v) is 4.05. The molecule has 1 saturated heterocycles. The van der Waals surface area contributed by atoms with E-state index in [1.165, 1.54) is 11.3 Å². The van der Waals surface area contributed by atoms with E-state index in [-0.39, 0.29) is 6.42 Å². The fourth-order valence-electron chi connectivity index (χ4n) is 1.48. The van der Waals surface area contributed by atoms with E-state index in [2.05, 4.69) is 0 Å². The van der Waals surface area contributed by atoms with Gasteiger partial charge >= 0.3 is 11.9 Å². The minimum absolute atomic E-state index is 0.0299. The van der Waals surface area contributed by atoms with Crippen LogP contribution >= 0.6 is 11.3 Å². The van der Waals surface area contributed by atoms with Crippen LogP contribution in [0, 0.1) is 5.92 Å². The first kappa shape index (κ1) is 9.21. The first-order chi connectivity index (χ1) is 6.68. The molecule has 2 atom stereocenters. The van der Waals surface area contributed by atoms with Crippen molar-refractivity contribution in [1.29, 1.82) is 0 Å². The normalized spacial score (nSPS) is 26.1. The summed E-state index contributed by atoms with van der Waals surface area (Å²) in [5.41, 5.74) is 0. The Bertz CT molecular complexity index is 357. The van der Waals surface area contributed by atoms with Gasteiger partial charge in [-0.3, -0.25) is 9.59 Å². The van der Waals surface area contributed by atoms with E-state index in [0.717, 1.165) is 4.88 Å². The van der Waals surface area contributed by atoms with Crippen LogP contribution in [0.1, 0.15) is 17.4 Å². The third-order valence-corrected chi connectivity index (χ3v) is 3.09. The van der Waals surface area contributed by atoms with Crippen LogP contribution in [0.3, 0.4) is 0 Å². The van der Waals surface area contributed by atoms with Crippen LogP contribution in [0.25, 0.3) is 0 Å². The first-order valence-corrected chi connectivity index (χ1v) is 5.02.